The lowest BCUT2D eigenvalue weighted by molar-refractivity contribution is -0.131. The Kier molecular flexibility index (Phi) is 6.26. The topological polar surface area (TPSA) is 66.6 Å². The van der Waals surface area contributed by atoms with E-state index in [0.717, 1.165) is 0 Å². The molecule has 0 radical (unpaired) electrons. The van der Waals surface area contributed by atoms with Crippen LogP contribution in [0.3, 0.4) is 0 Å². The molecule has 0 saturated carbocycles. The van der Waals surface area contributed by atoms with Gasteiger partial charge >= 0.3 is 0 Å². The van der Waals surface area contributed by atoms with E-state index in [1.165, 1.54) is 0 Å². The van der Waals surface area contributed by atoms with E-state index in [1.807, 2.05) is 0 Å². The molecule has 2 N–H and O–H groups in total. The second-order valence-electron chi connectivity index (χ2n) is 4.39. The molecule has 110 valence electrons. The molecule has 0 atom stereocenters. The zero-order valence-corrected chi connectivity index (χ0v) is 12.5. The molecule has 0 spiro atoms. The summed E-state index contributed by atoms with van der Waals surface area (Å²) in [5.74, 6) is -0.128. The highest BCUT2D eigenvalue weighted by molar-refractivity contribution is 6.30. The third-order valence-electron chi connectivity index (χ3n) is 3.17. The molecule has 1 aromatic carbocycles. The van der Waals surface area contributed by atoms with E-state index < -0.39 is 0 Å². The van der Waals surface area contributed by atoms with Gasteiger partial charge in [0, 0.05) is 36.8 Å². The molecule has 1 aliphatic heterocycles. The lowest BCUT2D eigenvalue weighted by Gasteiger charge is -2.34. The summed E-state index contributed by atoms with van der Waals surface area (Å²) in [6.45, 7) is 2.13. The molecule has 0 bridgehead atoms. The van der Waals surface area contributed by atoms with Crippen molar-refractivity contribution in [3.8, 4) is 0 Å². The van der Waals surface area contributed by atoms with Crippen LogP contribution in [-0.2, 0) is 4.79 Å². The van der Waals surface area contributed by atoms with Crippen LogP contribution in [0.15, 0.2) is 24.3 Å². The lowest BCUT2D eigenvalue weighted by Crippen LogP contribution is -2.51. The summed E-state index contributed by atoms with van der Waals surface area (Å²) in [5, 5.41) is 0.544. The Morgan fingerprint density at radius 1 is 1.15 bits per heavy atom. The van der Waals surface area contributed by atoms with E-state index in [0.29, 0.717) is 36.8 Å². The summed E-state index contributed by atoms with van der Waals surface area (Å²) >= 11 is 5.87. The quantitative estimate of drug-likeness (QED) is 0.885. The molecule has 0 unspecified atom stereocenters. The average Bonchev–Trinajstić information content (AvgIpc) is 2.46. The number of carbonyl (C=O) groups excluding carboxylic acids is 2. The summed E-state index contributed by atoms with van der Waals surface area (Å²) in [4.78, 5) is 27.1. The Bertz CT molecular complexity index is 488. The van der Waals surface area contributed by atoms with Crippen molar-refractivity contribution in [2.45, 2.75) is 0 Å². The molecule has 1 saturated heterocycles. The second kappa shape index (κ2) is 7.47. The Morgan fingerprint density at radius 2 is 1.75 bits per heavy atom. The lowest BCUT2D eigenvalue weighted by atomic mass is 10.2. The molecule has 1 fully saturated rings. The largest absolute Gasteiger partial charge is 0.338 e. The Labute approximate surface area is 129 Å². The van der Waals surface area contributed by atoms with Crippen molar-refractivity contribution in [2.75, 3.05) is 32.7 Å². The van der Waals surface area contributed by atoms with Crippen molar-refractivity contribution >= 4 is 35.8 Å². The van der Waals surface area contributed by atoms with E-state index in [4.69, 9.17) is 17.3 Å². The Balaban J connectivity index is 0.00000200. The summed E-state index contributed by atoms with van der Waals surface area (Å²) in [5.41, 5.74) is 5.89. The highest BCUT2D eigenvalue weighted by atomic mass is 35.5. The van der Waals surface area contributed by atoms with Gasteiger partial charge in [0.1, 0.15) is 0 Å². The summed E-state index contributed by atoms with van der Waals surface area (Å²) in [6, 6.07) is 6.88. The van der Waals surface area contributed by atoms with Crippen molar-refractivity contribution < 1.29 is 9.59 Å². The number of carbonyl (C=O) groups is 2. The highest BCUT2D eigenvalue weighted by Crippen LogP contribution is 2.14. The zero-order valence-electron chi connectivity index (χ0n) is 10.9. The number of piperazine rings is 1. The summed E-state index contributed by atoms with van der Waals surface area (Å²) in [7, 11) is 0. The standard InChI is InChI=1S/C13H16ClN3O2.ClH/c14-11-3-1-2-10(8-11)13(19)17-6-4-16(5-7-17)12(18)9-15;/h1-3,8H,4-7,9,15H2;1H. The Hall–Kier alpha value is -1.30. The molecule has 2 amide bonds. The number of nitrogens with zero attached hydrogens (tertiary/aromatic N) is 2. The summed E-state index contributed by atoms with van der Waals surface area (Å²) < 4.78 is 0. The van der Waals surface area contributed by atoms with Gasteiger partial charge in [-0.2, -0.15) is 0 Å². The third kappa shape index (κ3) is 3.85. The normalized spacial score (nSPS) is 14.7. The first-order valence-corrected chi connectivity index (χ1v) is 6.52. The van der Waals surface area contributed by atoms with Crippen LogP contribution in [-0.4, -0.2) is 54.3 Å². The number of benzene rings is 1. The number of hydrogen-bond donors (Lipinski definition) is 1. The molecule has 0 aromatic heterocycles. The number of hydrogen-bond acceptors (Lipinski definition) is 3. The minimum absolute atomic E-state index is 0. The van der Waals surface area contributed by atoms with Crippen molar-refractivity contribution in [1.82, 2.24) is 9.80 Å². The molecule has 2 rings (SSSR count). The second-order valence-corrected chi connectivity index (χ2v) is 4.82. The maximum Gasteiger partial charge on any atom is 0.254 e. The van der Waals surface area contributed by atoms with Gasteiger partial charge in [0.25, 0.3) is 5.91 Å². The van der Waals surface area contributed by atoms with Crippen LogP contribution in [0.5, 0.6) is 0 Å². The SMILES string of the molecule is Cl.NCC(=O)N1CCN(C(=O)c2cccc(Cl)c2)CC1. The molecule has 7 heteroatoms. The predicted octanol–water partition coefficient (Wildman–Crippen LogP) is 1.00. The maximum atomic E-state index is 12.2. The minimum Gasteiger partial charge on any atom is -0.338 e. The van der Waals surface area contributed by atoms with E-state index in [1.54, 1.807) is 34.1 Å². The molecule has 1 aromatic rings. The van der Waals surface area contributed by atoms with Crippen LogP contribution < -0.4 is 5.73 Å². The molecule has 5 nitrogen and oxygen atoms in total. The van der Waals surface area contributed by atoms with Gasteiger partial charge in [-0.15, -0.1) is 12.4 Å². The van der Waals surface area contributed by atoms with Gasteiger partial charge in [-0.25, -0.2) is 0 Å². The first kappa shape index (κ1) is 16.8. The van der Waals surface area contributed by atoms with Crippen LogP contribution in [0.1, 0.15) is 10.4 Å². The van der Waals surface area contributed by atoms with E-state index in [-0.39, 0.29) is 30.8 Å². The maximum absolute atomic E-state index is 12.2. The van der Waals surface area contributed by atoms with E-state index in [2.05, 4.69) is 0 Å². The van der Waals surface area contributed by atoms with Gasteiger partial charge in [-0.3, -0.25) is 9.59 Å². The number of halogens is 2. The van der Waals surface area contributed by atoms with Crippen LogP contribution in [0, 0.1) is 0 Å². The first-order chi connectivity index (χ1) is 9.11. The third-order valence-corrected chi connectivity index (χ3v) is 3.40. The van der Waals surface area contributed by atoms with Crippen LogP contribution in [0.4, 0.5) is 0 Å². The van der Waals surface area contributed by atoms with Crippen LogP contribution in [0.25, 0.3) is 0 Å². The van der Waals surface area contributed by atoms with E-state index in [9.17, 15) is 9.59 Å². The predicted molar refractivity (Wildman–Crippen MR) is 80.2 cm³/mol. The highest BCUT2D eigenvalue weighted by Gasteiger charge is 2.24. The fraction of sp³-hybridized carbons (Fsp3) is 0.385. The number of amides is 2. The first-order valence-electron chi connectivity index (χ1n) is 6.14. The van der Waals surface area contributed by atoms with Gasteiger partial charge < -0.3 is 15.5 Å². The van der Waals surface area contributed by atoms with Crippen molar-refractivity contribution in [3.63, 3.8) is 0 Å². The monoisotopic (exact) mass is 317 g/mol. The fourth-order valence-corrected chi connectivity index (χ4v) is 2.28. The molecule has 20 heavy (non-hydrogen) atoms. The van der Waals surface area contributed by atoms with Gasteiger partial charge in [-0.05, 0) is 18.2 Å². The van der Waals surface area contributed by atoms with Gasteiger partial charge in [0.2, 0.25) is 5.91 Å². The van der Waals surface area contributed by atoms with Gasteiger partial charge in [0.15, 0.2) is 0 Å². The van der Waals surface area contributed by atoms with Gasteiger partial charge in [-0.1, -0.05) is 17.7 Å². The number of rotatable bonds is 2. The van der Waals surface area contributed by atoms with Gasteiger partial charge in [0.05, 0.1) is 6.54 Å². The Morgan fingerprint density at radius 3 is 2.30 bits per heavy atom. The smallest absolute Gasteiger partial charge is 0.254 e. The van der Waals surface area contributed by atoms with Crippen molar-refractivity contribution in [1.29, 1.82) is 0 Å². The summed E-state index contributed by atoms with van der Waals surface area (Å²) in [6.07, 6.45) is 0. The molecular weight excluding hydrogens is 301 g/mol. The van der Waals surface area contributed by atoms with E-state index >= 15 is 0 Å². The average molecular weight is 318 g/mol. The number of nitrogens with two attached hydrogens (primary N) is 1. The van der Waals surface area contributed by atoms with Crippen LogP contribution >= 0.6 is 24.0 Å². The fourth-order valence-electron chi connectivity index (χ4n) is 2.09. The van der Waals surface area contributed by atoms with Crippen LogP contribution in [0.2, 0.25) is 5.02 Å². The molecular formula is C13H17Cl2N3O2. The zero-order chi connectivity index (χ0) is 13.8. The van der Waals surface area contributed by atoms with Crippen molar-refractivity contribution in [3.05, 3.63) is 34.9 Å². The minimum atomic E-state index is -0.0742. The molecule has 1 heterocycles. The molecule has 1 aliphatic rings. The molecule has 0 aliphatic carbocycles. The van der Waals surface area contributed by atoms with Crippen molar-refractivity contribution in [2.24, 2.45) is 5.73 Å².